The van der Waals surface area contributed by atoms with Gasteiger partial charge in [0, 0.05) is 22.4 Å². The molecule has 0 heterocycles. The lowest BCUT2D eigenvalue weighted by molar-refractivity contribution is 0.660. The van der Waals surface area contributed by atoms with E-state index >= 15 is 0 Å². The van der Waals surface area contributed by atoms with Crippen LogP contribution >= 0.6 is 0 Å². The second kappa shape index (κ2) is 12.3. The van der Waals surface area contributed by atoms with Gasteiger partial charge in [-0.1, -0.05) is 178 Å². The molecular weight excluding hydrogens is 651 g/mol. The van der Waals surface area contributed by atoms with Crippen LogP contribution in [0.2, 0.25) is 0 Å². The standard InChI is InChI=1S/C53H41N/c1-36-33-49-51(45-25-12-13-26-46(45)52(49,2)3)50(34-36)54(41-31-29-38(30-32-41)37-17-6-4-7-18-37)42-22-16-21-40(35-42)53(39-19-8-5-9-20-39)47-27-14-10-23-43(47)44-24-11-15-28-48(44)53/h4-35H,1-3H3. The number of hydrogen-bond donors (Lipinski definition) is 0. The summed E-state index contributed by atoms with van der Waals surface area (Å²) in [5, 5.41) is 0. The zero-order valence-electron chi connectivity index (χ0n) is 30.9. The predicted octanol–water partition coefficient (Wildman–Crippen LogP) is 13.8. The molecule has 0 fully saturated rings. The smallest absolute Gasteiger partial charge is 0.0714 e. The fourth-order valence-corrected chi connectivity index (χ4v) is 9.56. The number of nitrogens with zero attached hydrogens (tertiary/aromatic N) is 1. The minimum Gasteiger partial charge on any atom is -0.310 e. The van der Waals surface area contributed by atoms with Crippen molar-refractivity contribution in [1.29, 1.82) is 0 Å². The molecule has 10 rings (SSSR count). The van der Waals surface area contributed by atoms with Gasteiger partial charge in [-0.05, 0) is 104 Å². The van der Waals surface area contributed by atoms with Gasteiger partial charge in [0.2, 0.25) is 0 Å². The number of anilines is 3. The zero-order chi connectivity index (χ0) is 36.4. The van der Waals surface area contributed by atoms with Crippen molar-refractivity contribution in [1.82, 2.24) is 0 Å². The Balaban J connectivity index is 1.25. The predicted molar refractivity (Wildman–Crippen MR) is 226 cm³/mol. The molecule has 8 aromatic rings. The molecule has 2 aliphatic rings. The van der Waals surface area contributed by atoms with Crippen molar-refractivity contribution in [3.63, 3.8) is 0 Å². The normalized spacial score (nSPS) is 14.1. The maximum absolute atomic E-state index is 2.51. The van der Waals surface area contributed by atoms with Crippen LogP contribution in [0.3, 0.4) is 0 Å². The first-order chi connectivity index (χ1) is 26.5. The molecule has 2 aliphatic carbocycles. The summed E-state index contributed by atoms with van der Waals surface area (Å²) in [6.45, 7) is 6.99. The first kappa shape index (κ1) is 32.2. The van der Waals surface area contributed by atoms with E-state index in [4.69, 9.17) is 0 Å². The Kier molecular flexibility index (Phi) is 7.35. The molecule has 0 amide bonds. The SMILES string of the molecule is Cc1cc(N(c2ccc(-c3ccccc3)cc2)c2cccc(C3(c4ccccc4)c4ccccc4-c4ccccc43)c2)c2c(c1)C(C)(C)c1ccccc1-2. The molecule has 0 aliphatic heterocycles. The third-order valence-electron chi connectivity index (χ3n) is 12.0. The summed E-state index contributed by atoms with van der Waals surface area (Å²) in [5.74, 6) is 0. The van der Waals surface area contributed by atoms with Crippen LogP contribution in [0.5, 0.6) is 0 Å². The van der Waals surface area contributed by atoms with E-state index in [0.717, 1.165) is 11.4 Å². The molecule has 0 bridgehead atoms. The Bertz CT molecular complexity index is 2640. The van der Waals surface area contributed by atoms with Gasteiger partial charge in [0.1, 0.15) is 0 Å². The Hall–Kier alpha value is -6.44. The molecule has 0 radical (unpaired) electrons. The van der Waals surface area contributed by atoms with Crippen molar-refractivity contribution in [2.45, 2.75) is 31.6 Å². The highest BCUT2D eigenvalue weighted by Gasteiger charge is 2.46. The second-order valence-electron chi connectivity index (χ2n) is 15.4. The zero-order valence-corrected chi connectivity index (χ0v) is 30.9. The summed E-state index contributed by atoms with van der Waals surface area (Å²) in [6.07, 6.45) is 0. The van der Waals surface area contributed by atoms with Crippen molar-refractivity contribution < 1.29 is 0 Å². The van der Waals surface area contributed by atoms with Crippen molar-refractivity contribution in [3.05, 3.63) is 233 Å². The number of aryl methyl sites for hydroxylation is 1. The maximum atomic E-state index is 2.51. The van der Waals surface area contributed by atoms with Gasteiger partial charge in [-0.25, -0.2) is 0 Å². The molecule has 258 valence electrons. The monoisotopic (exact) mass is 691 g/mol. The first-order valence-electron chi connectivity index (χ1n) is 19.0. The summed E-state index contributed by atoms with van der Waals surface area (Å²) in [5.41, 5.74) is 19.7. The summed E-state index contributed by atoms with van der Waals surface area (Å²) in [4.78, 5) is 2.51. The third kappa shape index (κ3) is 4.71. The maximum Gasteiger partial charge on any atom is 0.0714 e. The number of benzene rings is 8. The van der Waals surface area contributed by atoms with Crippen LogP contribution in [-0.2, 0) is 10.8 Å². The van der Waals surface area contributed by atoms with E-state index in [1.165, 1.54) is 78.0 Å². The van der Waals surface area contributed by atoms with Gasteiger partial charge in [0.15, 0.2) is 0 Å². The molecule has 1 nitrogen and oxygen atoms in total. The van der Waals surface area contributed by atoms with E-state index in [-0.39, 0.29) is 5.41 Å². The van der Waals surface area contributed by atoms with Gasteiger partial charge in [-0.15, -0.1) is 0 Å². The minimum atomic E-state index is -0.490. The van der Waals surface area contributed by atoms with E-state index in [2.05, 4.69) is 220 Å². The molecule has 0 unspecified atom stereocenters. The average molecular weight is 692 g/mol. The lowest BCUT2D eigenvalue weighted by Crippen LogP contribution is -2.28. The minimum absolute atomic E-state index is 0.119. The molecule has 0 spiro atoms. The molecular formula is C53H41N. The van der Waals surface area contributed by atoms with Crippen molar-refractivity contribution in [2.24, 2.45) is 0 Å². The van der Waals surface area contributed by atoms with Crippen LogP contribution in [-0.4, -0.2) is 0 Å². The van der Waals surface area contributed by atoms with Crippen LogP contribution < -0.4 is 4.90 Å². The summed E-state index contributed by atoms with van der Waals surface area (Å²) in [6, 6.07) is 72.0. The first-order valence-corrected chi connectivity index (χ1v) is 19.0. The highest BCUT2D eigenvalue weighted by molar-refractivity contribution is 5.96. The average Bonchev–Trinajstić information content (AvgIpc) is 3.65. The van der Waals surface area contributed by atoms with Gasteiger partial charge in [-0.2, -0.15) is 0 Å². The number of hydrogen-bond acceptors (Lipinski definition) is 1. The fourth-order valence-electron chi connectivity index (χ4n) is 9.56. The lowest BCUT2D eigenvalue weighted by Gasteiger charge is -2.35. The molecule has 0 atom stereocenters. The third-order valence-corrected chi connectivity index (χ3v) is 12.0. The Labute approximate surface area is 318 Å². The van der Waals surface area contributed by atoms with E-state index in [0.29, 0.717) is 0 Å². The summed E-state index contributed by atoms with van der Waals surface area (Å²) < 4.78 is 0. The quantitative estimate of drug-likeness (QED) is 0.168. The van der Waals surface area contributed by atoms with E-state index < -0.39 is 5.41 Å². The van der Waals surface area contributed by atoms with Crippen LogP contribution in [0.25, 0.3) is 33.4 Å². The van der Waals surface area contributed by atoms with Crippen LogP contribution in [0, 0.1) is 6.92 Å². The van der Waals surface area contributed by atoms with Gasteiger partial charge in [0.05, 0.1) is 11.1 Å². The molecule has 54 heavy (non-hydrogen) atoms. The molecule has 1 heteroatoms. The topological polar surface area (TPSA) is 3.24 Å². The van der Waals surface area contributed by atoms with Gasteiger partial charge in [0.25, 0.3) is 0 Å². The Morgan fingerprint density at radius 2 is 0.926 bits per heavy atom. The number of rotatable bonds is 6. The Morgan fingerprint density at radius 1 is 0.389 bits per heavy atom. The largest absolute Gasteiger partial charge is 0.310 e. The molecule has 0 saturated carbocycles. The fraction of sp³-hybridized carbons (Fsp3) is 0.0943. The highest BCUT2D eigenvalue weighted by atomic mass is 15.1. The van der Waals surface area contributed by atoms with Gasteiger partial charge < -0.3 is 4.90 Å². The van der Waals surface area contributed by atoms with E-state index in [9.17, 15) is 0 Å². The molecule has 8 aromatic carbocycles. The molecule has 0 saturated heterocycles. The highest BCUT2D eigenvalue weighted by Crippen LogP contribution is 2.58. The van der Waals surface area contributed by atoms with Gasteiger partial charge >= 0.3 is 0 Å². The molecule has 0 aromatic heterocycles. The van der Waals surface area contributed by atoms with Gasteiger partial charge in [-0.3, -0.25) is 0 Å². The van der Waals surface area contributed by atoms with Crippen LogP contribution in [0.1, 0.15) is 52.8 Å². The van der Waals surface area contributed by atoms with Crippen molar-refractivity contribution >= 4 is 17.1 Å². The van der Waals surface area contributed by atoms with Crippen LogP contribution in [0.15, 0.2) is 194 Å². The number of fused-ring (bicyclic) bond motifs is 6. The Morgan fingerprint density at radius 3 is 1.59 bits per heavy atom. The van der Waals surface area contributed by atoms with Crippen molar-refractivity contribution in [2.75, 3.05) is 4.90 Å². The van der Waals surface area contributed by atoms with Crippen molar-refractivity contribution in [3.8, 4) is 33.4 Å². The summed E-state index contributed by atoms with van der Waals surface area (Å²) >= 11 is 0. The van der Waals surface area contributed by atoms with E-state index in [1.54, 1.807) is 0 Å². The van der Waals surface area contributed by atoms with E-state index in [1.807, 2.05) is 0 Å². The van der Waals surface area contributed by atoms with Crippen LogP contribution in [0.4, 0.5) is 17.1 Å². The lowest BCUT2D eigenvalue weighted by atomic mass is 9.67. The second-order valence-corrected chi connectivity index (χ2v) is 15.4. The summed E-state index contributed by atoms with van der Waals surface area (Å²) in [7, 11) is 0. The molecule has 0 N–H and O–H groups in total.